The van der Waals surface area contributed by atoms with E-state index in [1.807, 2.05) is 12.1 Å². The fraction of sp³-hybridized carbons (Fsp3) is 0.545. The normalized spacial score (nSPS) is 17.7. The third kappa shape index (κ3) is 2.61. The second-order valence-corrected chi connectivity index (χ2v) is 4.94. The molecule has 1 aromatic rings. The van der Waals surface area contributed by atoms with Crippen LogP contribution in [0.2, 0.25) is 0 Å². The Morgan fingerprint density at radius 3 is 2.62 bits per heavy atom. The molecule has 0 bridgehead atoms. The minimum atomic E-state index is 0.230. The molecule has 0 aromatic carbocycles. The fourth-order valence-electron chi connectivity index (χ4n) is 1.91. The Hall–Kier alpha value is -0.910. The molecule has 5 heteroatoms. The van der Waals surface area contributed by atoms with E-state index in [4.69, 9.17) is 5.11 Å². The average molecular weight is 240 g/mol. The van der Waals surface area contributed by atoms with E-state index in [-0.39, 0.29) is 6.61 Å². The molecule has 1 saturated heterocycles. The number of carbonyl (C=O) groups excluding carboxylic acids is 1. The van der Waals surface area contributed by atoms with Crippen LogP contribution in [0.3, 0.4) is 0 Å². The smallest absolute Gasteiger partial charge is 0.160 e. The van der Waals surface area contributed by atoms with Gasteiger partial charge in [-0.1, -0.05) is 0 Å². The van der Waals surface area contributed by atoms with Crippen molar-refractivity contribution in [2.45, 2.75) is 0 Å². The van der Waals surface area contributed by atoms with Crippen molar-refractivity contribution in [1.29, 1.82) is 0 Å². The summed E-state index contributed by atoms with van der Waals surface area (Å²) >= 11 is 1.54. The van der Waals surface area contributed by atoms with Crippen molar-refractivity contribution in [1.82, 2.24) is 4.90 Å². The number of β-amino-alcohol motifs (C(OH)–C–C–N with tert-alkyl or cyclic N) is 1. The molecule has 16 heavy (non-hydrogen) atoms. The van der Waals surface area contributed by atoms with E-state index in [9.17, 15) is 4.79 Å². The Labute approximate surface area is 99.1 Å². The van der Waals surface area contributed by atoms with Crippen molar-refractivity contribution in [3.05, 3.63) is 17.0 Å². The van der Waals surface area contributed by atoms with Gasteiger partial charge in [-0.15, -0.1) is 11.3 Å². The summed E-state index contributed by atoms with van der Waals surface area (Å²) < 4.78 is 0. The fourth-order valence-corrected chi connectivity index (χ4v) is 2.78. The number of nitrogens with zero attached hydrogens (tertiary/aromatic N) is 2. The lowest BCUT2D eigenvalue weighted by atomic mass is 10.3. The highest BCUT2D eigenvalue weighted by Crippen LogP contribution is 2.25. The van der Waals surface area contributed by atoms with Gasteiger partial charge in [0.25, 0.3) is 0 Å². The van der Waals surface area contributed by atoms with Crippen LogP contribution in [0.15, 0.2) is 12.1 Å². The first-order valence-corrected chi connectivity index (χ1v) is 6.28. The van der Waals surface area contributed by atoms with Crippen LogP contribution < -0.4 is 4.90 Å². The molecule has 4 nitrogen and oxygen atoms in total. The summed E-state index contributed by atoms with van der Waals surface area (Å²) in [6, 6.07) is 3.88. The first kappa shape index (κ1) is 11.6. The van der Waals surface area contributed by atoms with Gasteiger partial charge in [0.05, 0.1) is 16.5 Å². The van der Waals surface area contributed by atoms with E-state index in [0.717, 1.165) is 43.9 Å². The molecule has 0 saturated carbocycles. The standard InChI is InChI=1S/C11H16N2O2S/c14-8-7-12-3-5-13(6-4-12)11-2-1-10(9-15)16-11/h1-2,9,14H,3-8H2. The summed E-state index contributed by atoms with van der Waals surface area (Å²) in [6.45, 7) is 4.90. The molecule has 0 radical (unpaired) electrons. The van der Waals surface area contributed by atoms with Crippen LogP contribution >= 0.6 is 11.3 Å². The van der Waals surface area contributed by atoms with Gasteiger partial charge in [-0.25, -0.2) is 0 Å². The zero-order valence-corrected chi connectivity index (χ0v) is 9.95. The van der Waals surface area contributed by atoms with Gasteiger partial charge >= 0.3 is 0 Å². The number of piperazine rings is 1. The monoisotopic (exact) mass is 240 g/mol. The Balaban J connectivity index is 1.91. The molecular formula is C11H16N2O2S. The van der Waals surface area contributed by atoms with Gasteiger partial charge in [0.1, 0.15) is 0 Å². The van der Waals surface area contributed by atoms with E-state index >= 15 is 0 Å². The predicted octanol–water partition coefficient (Wildman–Crippen LogP) is 0.675. The maximum absolute atomic E-state index is 10.6. The number of hydrogen-bond acceptors (Lipinski definition) is 5. The summed E-state index contributed by atoms with van der Waals surface area (Å²) in [6.07, 6.45) is 0.899. The summed E-state index contributed by atoms with van der Waals surface area (Å²) in [5.41, 5.74) is 0. The molecule has 0 atom stereocenters. The molecule has 0 aliphatic carbocycles. The van der Waals surface area contributed by atoms with Crippen molar-refractivity contribution >= 4 is 22.6 Å². The first-order chi connectivity index (χ1) is 7.83. The van der Waals surface area contributed by atoms with Gasteiger partial charge in [-0.05, 0) is 12.1 Å². The third-order valence-electron chi connectivity index (χ3n) is 2.83. The van der Waals surface area contributed by atoms with Crippen molar-refractivity contribution in [3.63, 3.8) is 0 Å². The lowest BCUT2D eigenvalue weighted by Crippen LogP contribution is -2.46. The first-order valence-electron chi connectivity index (χ1n) is 5.46. The highest BCUT2D eigenvalue weighted by molar-refractivity contribution is 7.17. The van der Waals surface area contributed by atoms with E-state index in [1.54, 1.807) is 11.3 Å². The minimum absolute atomic E-state index is 0.230. The van der Waals surface area contributed by atoms with Crippen LogP contribution in [0.25, 0.3) is 0 Å². The molecule has 1 aromatic heterocycles. The van der Waals surface area contributed by atoms with Crippen molar-refractivity contribution in [2.75, 3.05) is 44.2 Å². The topological polar surface area (TPSA) is 43.8 Å². The minimum Gasteiger partial charge on any atom is -0.395 e. The van der Waals surface area contributed by atoms with Crippen molar-refractivity contribution in [2.24, 2.45) is 0 Å². The quantitative estimate of drug-likeness (QED) is 0.786. The molecule has 0 amide bonds. The number of aldehydes is 1. The molecule has 1 aliphatic heterocycles. The van der Waals surface area contributed by atoms with E-state index < -0.39 is 0 Å². The molecule has 2 rings (SSSR count). The molecule has 1 N–H and O–H groups in total. The number of hydrogen-bond donors (Lipinski definition) is 1. The summed E-state index contributed by atoms with van der Waals surface area (Å²) in [7, 11) is 0. The van der Waals surface area contributed by atoms with E-state index in [0.29, 0.717) is 0 Å². The molecule has 1 fully saturated rings. The van der Waals surface area contributed by atoms with Gasteiger partial charge in [0, 0.05) is 32.7 Å². The summed E-state index contributed by atoms with van der Waals surface area (Å²) in [5.74, 6) is 0. The summed E-state index contributed by atoms with van der Waals surface area (Å²) in [4.78, 5) is 15.9. The molecule has 2 heterocycles. The predicted molar refractivity (Wildman–Crippen MR) is 65.4 cm³/mol. The number of anilines is 1. The highest BCUT2D eigenvalue weighted by Gasteiger charge is 2.17. The number of rotatable bonds is 4. The molecule has 1 aliphatic rings. The van der Waals surface area contributed by atoms with Gasteiger partial charge in [0.15, 0.2) is 6.29 Å². The maximum Gasteiger partial charge on any atom is 0.160 e. The Morgan fingerprint density at radius 1 is 1.31 bits per heavy atom. The lowest BCUT2D eigenvalue weighted by molar-refractivity contribution is 0.112. The van der Waals surface area contributed by atoms with Gasteiger partial charge in [-0.2, -0.15) is 0 Å². The van der Waals surface area contributed by atoms with Gasteiger partial charge < -0.3 is 10.0 Å². The average Bonchev–Trinajstić information content (AvgIpc) is 2.79. The Morgan fingerprint density at radius 2 is 2.06 bits per heavy atom. The van der Waals surface area contributed by atoms with Crippen LogP contribution in [0.4, 0.5) is 5.00 Å². The van der Waals surface area contributed by atoms with Crippen LogP contribution in [0.5, 0.6) is 0 Å². The lowest BCUT2D eigenvalue weighted by Gasteiger charge is -2.34. The second-order valence-electron chi connectivity index (χ2n) is 3.85. The zero-order chi connectivity index (χ0) is 11.4. The third-order valence-corrected chi connectivity index (χ3v) is 3.90. The zero-order valence-electron chi connectivity index (χ0n) is 9.13. The van der Waals surface area contributed by atoms with Crippen molar-refractivity contribution in [3.8, 4) is 0 Å². The number of aliphatic hydroxyl groups excluding tert-OH is 1. The van der Waals surface area contributed by atoms with Gasteiger partial charge in [-0.3, -0.25) is 9.69 Å². The highest BCUT2D eigenvalue weighted by atomic mass is 32.1. The molecule has 88 valence electrons. The van der Waals surface area contributed by atoms with Crippen LogP contribution in [-0.4, -0.2) is 55.6 Å². The van der Waals surface area contributed by atoms with E-state index in [1.165, 1.54) is 5.00 Å². The number of aliphatic hydroxyl groups is 1. The van der Waals surface area contributed by atoms with Gasteiger partial charge in [0.2, 0.25) is 0 Å². The van der Waals surface area contributed by atoms with Crippen molar-refractivity contribution < 1.29 is 9.90 Å². The molecule has 0 unspecified atom stereocenters. The van der Waals surface area contributed by atoms with Crippen LogP contribution in [0, 0.1) is 0 Å². The Bertz CT molecular complexity index is 346. The molecular weight excluding hydrogens is 224 g/mol. The largest absolute Gasteiger partial charge is 0.395 e. The SMILES string of the molecule is O=Cc1ccc(N2CCN(CCO)CC2)s1. The maximum atomic E-state index is 10.6. The Kier molecular flexibility index (Phi) is 3.93. The second kappa shape index (κ2) is 5.43. The van der Waals surface area contributed by atoms with E-state index in [2.05, 4.69) is 9.80 Å². The molecule has 0 spiro atoms. The number of carbonyl (C=O) groups is 1. The van der Waals surface area contributed by atoms with Crippen LogP contribution in [0.1, 0.15) is 9.67 Å². The summed E-state index contributed by atoms with van der Waals surface area (Å²) in [5, 5.41) is 10.0. The van der Waals surface area contributed by atoms with Crippen LogP contribution in [-0.2, 0) is 0 Å². The number of thiophene rings is 1.